The number of aryl methyl sites for hydroxylation is 1. The minimum absolute atomic E-state index is 0. The number of nitrogens with zero attached hydrogens (tertiary/aromatic N) is 3. The molecule has 0 aliphatic rings. The SMILES string of the molecule is [2H]C([2H])([2H])c1ncc[c-]c1-c1cc2c(cn1)oc1ccccc12.[Ir].[c-]1ccccc1-c1ccccn1. The summed E-state index contributed by atoms with van der Waals surface area (Å²) in [6.45, 7) is -2.32. The van der Waals surface area contributed by atoms with E-state index in [-0.39, 0.29) is 25.8 Å². The number of pyridine rings is 3. The van der Waals surface area contributed by atoms with Gasteiger partial charge in [0.1, 0.15) is 5.58 Å². The standard InChI is InChI=1S/C17H11N2O.C11H8N.Ir/c1-11-12(6-4-8-18-11)15-9-14-13-5-2-3-7-16(13)20-17(14)10-19-15;1-2-6-10(7-3-1)11-8-4-5-9-12-11;/h2-5,7-10H,1H3;1-6,8-9H;/q2*-1;/i1D3;;. The van der Waals surface area contributed by atoms with Crippen LogP contribution in [0.2, 0.25) is 0 Å². The smallest absolute Gasteiger partial charge is 0.151 e. The Hall–Kier alpha value is -3.66. The predicted molar refractivity (Wildman–Crippen MR) is 127 cm³/mol. The number of benzene rings is 2. The van der Waals surface area contributed by atoms with Gasteiger partial charge in [-0.1, -0.05) is 49.4 Å². The molecular weight excluding hydrogens is 587 g/mol. The van der Waals surface area contributed by atoms with E-state index >= 15 is 0 Å². The molecule has 0 bridgehead atoms. The van der Waals surface area contributed by atoms with Crippen LogP contribution in [-0.2, 0) is 20.1 Å². The number of aromatic nitrogens is 3. The van der Waals surface area contributed by atoms with Crippen LogP contribution < -0.4 is 0 Å². The topological polar surface area (TPSA) is 51.8 Å². The number of rotatable bonds is 2. The fraction of sp³-hybridized carbons (Fsp3) is 0.0357. The first kappa shape index (κ1) is 18.9. The molecule has 5 heteroatoms. The molecule has 4 heterocycles. The van der Waals surface area contributed by atoms with Crippen molar-refractivity contribution in [1.29, 1.82) is 0 Å². The molecule has 1 radical (unpaired) electrons. The van der Waals surface area contributed by atoms with Crippen molar-refractivity contribution in [3.8, 4) is 22.5 Å². The second-order valence-corrected chi connectivity index (χ2v) is 6.97. The largest absolute Gasteiger partial charge is 0.455 e. The van der Waals surface area contributed by atoms with Crippen LogP contribution in [0.15, 0.2) is 102 Å². The molecule has 0 spiro atoms. The molecule has 33 heavy (non-hydrogen) atoms. The van der Waals surface area contributed by atoms with Crippen LogP contribution >= 0.6 is 0 Å². The van der Waals surface area contributed by atoms with Crippen molar-refractivity contribution in [2.24, 2.45) is 0 Å². The van der Waals surface area contributed by atoms with Gasteiger partial charge in [-0.05, 0) is 29.2 Å². The Kier molecular flexibility index (Phi) is 5.89. The summed E-state index contributed by atoms with van der Waals surface area (Å²) in [6, 6.07) is 30.9. The van der Waals surface area contributed by atoms with Crippen molar-refractivity contribution in [3.05, 3.63) is 115 Å². The minimum Gasteiger partial charge on any atom is -0.455 e. The average molecular weight is 609 g/mol. The van der Waals surface area contributed by atoms with Crippen LogP contribution in [0.1, 0.15) is 9.81 Å². The summed E-state index contributed by atoms with van der Waals surface area (Å²) in [7, 11) is 0. The number of para-hydroxylation sites is 1. The number of hydrogen-bond donors (Lipinski definition) is 0. The summed E-state index contributed by atoms with van der Waals surface area (Å²) >= 11 is 0. The first-order valence-corrected chi connectivity index (χ1v) is 10.0. The van der Waals surface area contributed by atoms with Gasteiger partial charge in [0.25, 0.3) is 0 Å². The van der Waals surface area contributed by atoms with E-state index in [1.54, 1.807) is 18.5 Å². The molecular formula is C28H19IrN3O-2. The van der Waals surface area contributed by atoms with E-state index in [9.17, 15) is 0 Å². The second-order valence-electron chi connectivity index (χ2n) is 6.97. The van der Waals surface area contributed by atoms with Gasteiger partial charge in [0.2, 0.25) is 0 Å². The van der Waals surface area contributed by atoms with Crippen molar-refractivity contribution in [3.63, 3.8) is 0 Å². The zero-order valence-corrected chi connectivity index (χ0v) is 19.7. The van der Waals surface area contributed by atoms with Crippen LogP contribution in [0.4, 0.5) is 0 Å². The quantitative estimate of drug-likeness (QED) is 0.206. The van der Waals surface area contributed by atoms with Crippen molar-refractivity contribution in [2.45, 2.75) is 6.85 Å². The zero-order valence-electron chi connectivity index (χ0n) is 20.3. The summed E-state index contributed by atoms with van der Waals surface area (Å²) in [6.07, 6.45) is 4.82. The van der Waals surface area contributed by atoms with Crippen molar-refractivity contribution in [1.82, 2.24) is 15.0 Å². The Morgan fingerprint density at radius 1 is 0.758 bits per heavy atom. The molecule has 0 aliphatic heterocycles. The first-order valence-electron chi connectivity index (χ1n) is 11.5. The van der Waals surface area contributed by atoms with Gasteiger partial charge in [-0.25, -0.2) is 0 Å². The maximum absolute atomic E-state index is 7.63. The fourth-order valence-corrected chi connectivity index (χ4v) is 3.40. The van der Waals surface area contributed by atoms with Crippen LogP contribution in [0.25, 0.3) is 44.5 Å². The summed E-state index contributed by atoms with van der Waals surface area (Å²) < 4.78 is 28.6. The number of fused-ring (bicyclic) bond motifs is 3. The normalized spacial score (nSPS) is 12.1. The van der Waals surface area contributed by atoms with Crippen LogP contribution in [0.3, 0.4) is 0 Å². The van der Waals surface area contributed by atoms with Gasteiger partial charge < -0.3 is 19.4 Å². The van der Waals surface area contributed by atoms with Crippen molar-refractivity contribution in [2.75, 3.05) is 0 Å². The van der Waals surface area contributed by atoms with Gasteiger partial charge in [-0.15, -0.1) is 53.6 Å². The van der Waals surface area contributed by atoms with E-state index in [1.807, 2.05) is 72.8 Å². The van der Waals surface area contributed by atoms with Crippen molar-refractivity contribution < 1.29 is 28.6 Å². The zero-order chi connectivity index (χ0) is 24.3. The molecule has 4 aromatic heterocycles. The third kappa shape index (κ3) is 4.90. The van der Waals surface area contributed by atoms with Gasteiger partial charge in [-0.2, -0.15) is 0 Å². The molecule has 0 N–H and O–H groups in total. The molecule has 0 saturated carbocycles. The van der Waals surface area contributed by atoms with Gasteiger partial charge >= 0.3 is 0 Å². The van der Waals surface area contributed by atoms with Crippen LogP contribution in [0, 0.1) is 19.0 Å². The third-order valence-corrected chi connectivity index (χ3v) is 4.91. The molecule has 6 rings (SSSR count). The Bertz CT molecular complexity index is 1550. The molecule has 0 fully saturated rings. The van der Waals surface area contributed by atoms with Crippen molar-refractivity contribution >= 4 is 21.9 Å². The van der Waals surface area contributed by atoms with Crippen LogP contribution in [-0.4, -0.2) is 15.0 Å². The fourth-order valence-electron chi connectivity index (χ4n) is 3.40. The Labute approximate surface area is 209 Å². The van der Waals surface area contributed by atoms with E-state index < -0.39 is 6.85 Å². The number of furan rings is 1. The van der Waals surface area contributed by atoms with Crippen LogP contribution in [0.5, 0.6) is 0 Å². The summed E-state index contributed by atoms with van der Waals surface area (Å²) in [5.74, 6) is 0. The Morgan fingerprint density at radius 3 is 2.45 bits per heavy atom. The van der Waals surface area contributed by atoms with E-state index in [1.165, 1.54) is 6.20 Å². The predicted octanol–water partition coefficient (Wildman–Crippen LogP) is 6.70. The molecule has 0 unspecified atom stereocenters. The molecule has 163 valence electrons. The van der Waals surface area contributed by atoms with Gasteiger partial charge in [0.15, 0.2) is 5.58 Å². The maximum Gasteiger partial charge on any atom is 0.151 e. The monoisotopic (exact) mass is 609 g/mol. The van der Waals surface area contributed by atoms with E-state index in [0.717, 1.165) is 27.6 Å². The molecule has 0 saturated heterocycles. The molecule has 0 aliphatic carbocycles. The van der Waals surface area contributed by atoms with E-state index in [0.29, 0.717) is 16.8 Å². The molecule has 0 atom stereocenters. The third-order valence-electron chi connectivity index (χ3n) is 4.91. The van der Waals surface area contributed by atoms with Gasteiger partial charge in [-0.3, -0.25) is 0 Å². The Balaban J connectivity index is 0.000000198. The minimum atomic E-state index is -2.32. The van der Waals surface area contributed by atoms with Gasteiger partial charge in [0, 0.05) is 41.2 Å². The maximum atomic E-state index is 7.63. The summed E-state index contributed by atoms with van der Waals surface area (Å²) in [4.78, 5) is 12.5. The summed E-state index contributed by atoms with van der Waals surface area (Å²) in [5.41, 5.74) is 4.35. The average Bonchev–Trinajstić information content (AvgIpc) is 3.28. The Morgan fingerprint density at radius 2 is 1.64 bits per heavy atom. The second kappa shape index (κ2) is 10.3. The van der Waals surface area contributed by atoms with E-state index in [4.69, 9.17) is 8.53 Å². The molecule has 6 aromatic rings. The number of hydrogen-bond acceptors (Lipinski definition) is 4. The molecule has 2 aromatic carbocycles. The van der Waals surface area contributed by atoms with E-state index in [2.05, 4.69) is 27.1 Å². The molecule has 0 amide bonds. The van der Waals surface area contributed by atoms with Gasteiger partial charge in [0.05, 0.1) is 6.20 Å². The summed E-state index contributed by atoms with van der Waals surface area (Å²) in [5, 5.41) is 1.85. The first-order chi connectivity index (χ1) is 17.0. The molecule has 4 nitrogen and oxygen atoms in total.